The molecule has 0 bridgehead atoms. The van der Waals surface area contributed by atoms with Crippen molar-refractivity contribution >= 4 is 40.2 Å². The number of benzene rings is 3. The second-order valence-corrected chi connectivity index (χ2v) is 9.88. The maximum Gasteiger partial charge on any atom is 0.0858 e. The SMILES string of the molecule is CCCCCCCCSc1ccc(N=Nc2ccc(N=Nc3ccc(N(CC)CC)cc3)cc2)cc1. The van der Waals surface area contributed by atoms with Crippen molar-refractivity contribution in [3.8, 4) is 0 Å². The summed E-state index contributed by atoms with van der Waals surface area (Å²) >= 11 is 1.92. The van der Waals surface area contributed by atoms with Crippen LogP contribution in [0.3, 0.4) is 0 Å². The van der Waals surface area contributed by atoms with E-state index in [1.807, 2.05) is 60.3 Å². The molecule has 0 saturated carbocycles. The van der Waals surface area contributed by atoms with E-state index >= 15 is 0 Å². The Morgan fingerprint density at radius 2 is 0.944 bits per heavy atom. The van der Waals surface area contributed by atoms with Crippen molar-refractivity contribution in [3.63, 3.8) is 0 Å². The minimum atomic E-state index is 0.786. The first kappa shape index (κ1) is 27.6. The Labute approximate surface area is 221 Å². The first-order valence-electron chi connectivity index (χ1n) is 13.2. The Morgan fingerprint density at radius 3 is 1.42 bits per heavy atom. The molecule has 0 aliphatic rings. The first-order chi connectivity index (χ1) is 17.7. The van der Waals surface area contributed by atoms with Crippen molar-refractivity contribution in [1.29, 1.82) is 0 Å². The van der Waals surface area contributed by atoms with E-state index in [2.05, 4.69) is 70.4 Å². The molecule has 5 nitrogen and oxygen atoms in total. The van der Waals surface area contributed by atoms with Crippen LogP contribution in [0, 0.1) is 0 Å². The molecule has 0 heterocycles. The smallest absolute Gasteiger partial charge is 0.0858 e. The van der Waals surface area contributed by atoms with Crippen LogP contribution in [0.4, 0.5) is 28.4 Å². The monoisotopic (exact) mass is 501 g/mol. The predicted molar refractivity (Wildman–Crippen MR) is 155 cm³/mol. The van der Waals surface area contributed by atoms with Gasteiger partial charge in [0.15, 0.2) is 0 Å². The fraction of sp³-hybridized carbons (Fsp3) is 0.400. The van der Waals surface area contributed by atoms with Gasteiger partial charge in [0.05, 0.1) is 22.7 Å². The summed E-state index contributed by atoms with van der Waals surface area (Å²) in [5.41, 5.74) is 4.47. The lowest BCUT2D eigenvalue weighted by Crippen LogP contribution is -2.21. The highest BCUT2D eigenvalue weighted by Crippen LogP contribution is 2.26. The van der Waals surface area contributed by atoms with E-state index < -0.39 is 0 Å². The summed E-state index contributed by atoms with van der Waals surface area (Å²) in [7, 11) is 0. The summed E-state index contributed by atoms with van der Waals surface area (Å²) in [5.74, 6) is 1.18. The van der Waals surface area contributed by atoms with Gasteiger partial charge < -0.3 is 4.90 Å². The average Bonchev–Trinajstić information content (AvgIpc) is 2.93. The van der Waals surface area contributed by atoms with Gasteiger partial charge in [0, 0.05) is 23.7 Å². The van der Waals surface area contributed by atoms with Gasteiger partial charge in [0.1, 0.15) is 0 Å². The van der Waals surface area contributed by atoms with E-state index in [1.54, 1.807) is 0 Å². The minimum absolute atomic E-state index is 0.786. The van der Waals surface area contributed by atoms with Crippen LogP contribution in [0.25, 0.3) is 0 Å². The van der Waals surface area contributed by atoms with Crippen LogP contribution in [0.2, 0.25) is 0 Å². The van der Waals surface area contributed by atoms with Gasteiger partial charge in [-0.1, -0.05) is 39.0 Å². The first-order valence-corrected chi connectivity index (χ1v) is 14.2. The molecule has 3 rings (SSSR count). The molecular formula is C30H39N5S. The molecule has 0 aliphatic heterocycles. The third kappa shape index (κ3) is 9.57. The molecule has 0 N–H and O–H groups in total. The predicted octanol–water partition coefficient (Wildman–Crippen LogP) is 10.8. The third-order valence-corrected chi connectivity index (χ3v) is 7.09. The van der Waals surface area contributed by atoms with E-state index in [9.17, 15) is 0 Å². The summed E-state index contributed by atoms with van der Waals surface area (Å²) in [6, 6.07) is 24.1. The number of nitrogens with zero attached hydrogens (tertiary/aromatic N) is 5. The molecule has 190 valence electrons. The Kier molecular flexibility index (Phi) is 12.2. The summed E-state index contributed by atoms with van der Waals surface area (Å²) in [6.45, 7) is 8.56. The van der Waals surface area contributed by atoms with E-state index in [4.69, 9.17) is 0 Å². The Hall–Kier alpha value is -2.99. The van der Waals surface area contributed by atoms with Crippen molar-refractivity contribution in [2.45, 2.75) is 64.2 Å². The van der Waals surface area contributed by atoms with E-state index in [-0.39, 0.29) is 0 Å². The van der Waals surface area contributed by atoms with Crippen molar-refractivity contribution in [1.82, 2.24) is 0 Å². The van der Waals surface area contributed by atoms with Crippen LogP contribution >= 0.6 is 11.8 Å². The van der Waals surface area contributed by atoms with Gasteiger partial charge in [-0.05, 0) is 98.8 Å². The van der Waals surface area contributed by atoms with Crippen LogP contribution in [0.1, 0.15) is 59.3 Å². The molecule has 3 aromatic carbocycles. The van der Waals surface area contributed by atoms with Gasteiger partial charge in [0.2, 0.25) is 0 Å². The molecule has 3 aromatic rings. The molecule has 6 heteroatoms. The second-order valence-electron chi connectivity index (χ2n) is 8.72. The molecule has 0 fully saturated rings. The number of hydrogen-bond donors (Lipinski definition) is 0. The maximum atomic E-state index is 4.37. The number of rotatable bonds is 15. The zero-order valence-corrected chi connectivity index (χ0v) is 22.8. The molecule has 0 amide bonds. The largest absolute Gasteiger partial charge is 0.372 e. The lowest BCUT2D eigenvalue weighted by atomic mass is 10.1. The lowest BCUT2D eigenvalue weighted by molar-refractivity contribution is 0.627. The van der Waals surface area contributed by atoms with Crippen LogP contribution in [-0.2, 0) is 0 Å². The molecule has 0 aromatic heterocycles. The van der Waals surface area contributed by atoms with Gasteiger partial charge in [-0.2, -0.15) is 20.5 Å². The highest BCUT2D eigenvalue weighted by molar-refractivity contribution is 7.99. The summed E-state index contributed by atoms with van der Waals surface area (Å²) in [6.07, 6.45) is 8.04. The Bertz CT molecular complexity index is 1060. The van der Waals surface area contributed by atoms with Crippen molar-refractivity contribution < 1.29 is 0 Å². The summed E-state index contributed by atoms with van der Waals surface area (Å²) < 4.78 is 0. The van der Waals surface area contributed by atoms with Crippen molar-refractivity contribution in [2.75, 3.05) is 23.7 Å². The molecule has 0 radical (unpaired) electrons. The molecular weight excluding hydrogens is 462 g/mol. The number of anilines is 1. The number of hydrogen-bond acceptors (Lipinski definition) is 6. The van der Waals surface area contributed by atoms with Gasteiger partial charge in [0.25, 0.3) is 0 Å². The Balaban J connectivity index is 1.45. The molecule has 0 saturated heterocycles. The molecule has 36 heavy (non-hydrogen) atoms. The zero-order valence-electron chi connectivity index (χ0n) is 21.9. The molecule has 0 unspecified atom stereocenters. The highest BCUT2D eigenvalue weighted by Gasteiger charge is 2.01. The third-order valence-electron chi connectivity index (χ3n) is 5.99. The molecule has 0 spiro atoms. The van der Waals surface area contributed by atoms with Gasteiger partial charge in [-0.3, -0.25) is 0 Å². The van der Waals surface area contributed by atoms with E-state index in [1.165, 1.54) is 54.9 Å². The average molecular weight is 502 g/mol. The fourth-order valence-corrected chi connectivity index (χ4v) is 4.73. The van der Waals surface area contributed by atoms with Crippen LogP contribution in [-0.4, -0.2) is 18.8 Å². The van der Waals surface area contributed by atoms with Crippen molar-refractivity contribution in [2.24, 2.45) is 20.5 Å². The van der Waals surface area contributed by atoms with Crippen molar-refractivity contribution in [3.05, 3.63) is 72.8 Å². The quantitative estimate of drug-likeness (QED) is 0.118. The number of azo groups is 2. The number of unbranched alkanes of at least 4 members (excludes halogenated alkanes) is 5. The summed E-state index contributed by atoms with van der Waals surface area (Å²) in [5, 5.41) is 17.4. The van der Waals surface area contributed by atoms with E-state index in [0.29, 0.717) is 0 Å². The maximum absolute atomic E-state index is 4.37. The van der Waals surface area contributed by atoms with Gasteiger partial charge in [-0.25, -0.2) is 0 Å². The zero-order chi connectivity index (χ0) is 25.4. The second kappa shape index (κ2) is 15.9. The highest BCUT2D eigenvalue weighted by atomic mass is 32.2. The van der Waals surface area contributed by atoms with Crippen LogP contribution in [0.15, 0.2) is 98.1 Å². The normalized spacial score (nSPS) is 11.5. The molecule has 0 atom stereocenters. The molecule has 0 aliphatic carbocycles. The lowest BCUT2D eigenvalue weighted by Gasteiger charge is -2.20. The van der Waals surface area contributed by atoms with E-state index in [0.717, 1.165) is 35.8 Å². The topological polar surface area (TPSA) is 52.7 Å². The van der Waals surface area contributed by atoms with Gasteiger partial charge in [-0.15, -0.1) is 11.8 Å². The summed E-state index contributed by atoms with van der Waals surface area (Å²) in [4.78, 5) is 3.60. The number of thioether (sulfide) groups is 1. The fourth-order valence-electron chi connectivity index (χ4n) is 3.82. The van der Waals surface area contributed by atoms with Gasteiger partial charge >= 0.3 is 0 Å². The van der Waals surface area contributed by atoms with Crippen LogP contribution < -0.4 is 4.90 Å². The minimum Gasteiger partial charge on any atom is -0.372 e. The standard InChI is InChI=1S/C30H39N5S/c1-4-7-8-9-10-11-24-36-30-22-18-28(19-23-30)34-32-26-14-12-25(13-15-26)31-33-27-16-20-29(21-17-27)35(5-2)6-3/h12-23H,4-11,24H2,1-3H3. The van der Waals surface area contributed by atoms with Crippen LogP contribution in [0.5, 0.6) is 0 Å². The Morgan fingerprint density at radius 1 is 0.528 bits per heavy atom.